The first-order chi connectivity index (χ1) is 14.0. The van der Waals surface area contributed by atoms with Crippen LogP contribution in [0.15, 0.2) is 18.2 Å². The number of hydrogen-bond donors (Lipinski definition) is 2. The minimum Gasteiger partial charge on any atom is -0.497 e. The molecule has 6 heteroatoms. The van der Waals surface area contributed by atoms with Crippen LogP contribution in [0.5, 0.6) is 11.5 Å². The van der Waals surface area contributed by atoms with Crippen molar-refractivity contribution in [3.63, 3.8) is 0 Å². The number of amides is 2. The van der Waals surface area contributed by atoms with Crippen molar-refractivity contribution in [1.82, 2.24) is 10.6 Å². The molecule has 1 aromatic carbocycles. The van der Waals surface area contributed by atoms with E-state index in [2.05, 4.69) is 10.6 Å². The predicted octanol–water partition coefficient (Wildman–Crippen LogP) is 3.16. The van der Waals surface area contributed by atoms with Gasteiger partial charge in [-0.2, -0.15) is 0 Å². The Labute approximate surface area is 172 Å². The van der Waals surface area contributed by atoms with Crippen LogP contribution in [0, 0.1) is 23.2 Å². The third kappa shape index (κ3) is 4.51. The predicted molar refractivity (Wildman–Crippen MR) is 110 cm³/mol. The number of benzene rings is 1. The molecule has 0 aliphatic heterocycles. The van der Waals surface area contributed by atoms with Crippen LogP contribution in [0.2, 0.25) is 0 Å². The molecule has 0 unspecified atom stereocenters. The summed E-state index contributed by atoms with van der Waals surface area (Å²) in [6.45, 7) is 0.836. The summed E-state index contributed by atoms with van der Waals surface area (Å²) < 4.78 is 10.4. The van der Waals surface area contributed by atoms with Crippen LogP contribution in [0.3, 0.4) is 0 Å². The molecule has 5 rings (SSSR count). The van der Waals surface area contributed by atoms with Gasteiger partial charge in [0.25, 0.3) is 5.91 Å². The zero-order valence-corrected chi connectivity index (χ0v) is 17.5. The first-order valence-corrected chi connectivity index (χ1v) is 10.8. The average Bonchev–Trinajstić information content (AvgIpc) is 2.69. The molecule has 158 valence electrons. The van der Waals surface area contributed by atoms with Gasteiger partial charge < -0.3 is 20.1 Å². The van der Waals surface area contributed by atoms with E-state index in [0.717, 1.165) is 17.8 Å². The maximum atomic E-state index is 12.6. The van der Waals surface area contributed by atoms with Gasteiger partial charge >= 0.3 is 0 Å². The molecule has 2 amide bonds. The molecule has 4 aliphatic rings. The quantitative estimate of drug-likeness (QED) is 0.657. The van der Waals surface area contributed by atoms with Crippen molar-refractivity contribution in [2.45, 2.75) is 44.9 Å². The summed E-state index contributed by atoms with van der Waals surface area (Å²) in [5.41, 5.74) is 0.722. The number of rotatable bonds is 8. The Morgan fingerprint density at radius 2 is 1.41 bits per heavy atom. The first kappa shape index (κ1) is 20.0. The third-order valence-corrected chi connectivity index (χ3v) is 7.05. The van der Waals surface area contributed by atoms with Gasteiger partial charge in [0.1, 0.15) is 11.5 Å². The monoisotopic (exact) mass is 400 g/mol. The molecule has 0 saturated heterocycles. The van der Waals surface area contributed by atoms with Crippen molar-refractivity contribution < 1.29 is 19.1 Å². The minimum atomic E-state index is -0.211. The SMILES string of the molecule is COc1cc(OC)cc(C(=O)NCCNC(=O)CC23CC4CC(CC(C4)C2)C3)c1. The summed E-state index contributed by atoms with van der Waals surface area (Å²) in [6, 6.07) is 5.06. The van der Waals surface area contributed by atoms with Crippen molar-refractivity contribution in [2.24, 2.45) is 23.2 Å². The Morgan fingerprint density at radius 1 is 0.897 bits per heavy atom. The molecule has 0 spiro atoms. The van der Waals surface area contributed by atoms with Crippen molar-refractivity contribution in [1.29, 1.82) is 0 Å². The fourth-order valence-corrected chi connectivity index (χ4v) is 6.33. The van der Waals surface area contributed by atoms with E-state index in [-0.39, 0.29) is 17.2 Å². The number of methoxy groups -OCH3 is 2. The van der Waals surface area contributed by atoms with E-state index < -0.39 is 0 Å². The lowest BCUT2D eigenvalue weighted by atomic mass is 9.49. The Hall–Kier alpha value is -2.24. The van der Waals surface area contributed by atoms with E-state index in [1.807, 2.05) is 0 Å². The average molecular weight is 401 g/mol. The van der Waals surface area contributed by atoms with Gasteiger partial charge in [-0.15, -0.1) is 0 Å². The lowest BCUT2D eigenvalue weighted by Crippen LogP contribution is -2.48. The Morgan fingerprint density at radius 3 is 1.93 bits per heavy atom. The molecule has 0 atom stereocenters. The van der Waals surface area contributed by atoms with E-state index in [1.54, 1.807) is 32.4 Å². The molecule has 29 heavy (non-hydrogen) atoms. The lowest BCUT2D eigenvalue weighted by Gasteiger charge is -2.56. The second-order valence-electron chi connectivity index (χ2n) is 9.30. The van der Waals surface area contributed by atoms with Gasteiger partial charge in [-0.25, -0.2) is 0 Å². The highest BCUT2D eigenvalue weighted by molar-refractivity contribution is 5.95. The summed E-state index contributed by atoms with van der Waals surface area (Å²) >= 11 is 0. The molecule has 0 aromatic heterocycles. The van der Waals surface area contributed by atoms with E-state index in [0.29, 0.717) is 36.6 Å². The highest BCUT2D eigenvalue weighted by Gasteiger charge is 2.51. The number of carbonyl (C=O) groups excluding carboxylic acids is 2. The largest absolute Gasteiger partial charge is 0.497 e. The maximum absolute atomic E-state index is 12.6. The molecule has 2 N–H and O–H groups in total. The number of ether oxygens (including phenoxy) is 2. The molecule has 4 fully saturated rings. The second kappa shape index (κ2) is 8.25. The highest BCUT2D eigenvalue weighted by atomic mass is 16.5. The second-order valence-corrected chi connectivity index (χ2v) is 9.30. The molecule has 1 aromatic rings. The van der Waals surface area contributed by atoms with Crippen LogP contribution in [0.1, 0.15) is 55.3 Å². The summed E-state index contributed by atoms with van der Waals surface area (Å²) in [4.78, 5) is 24.9. The first-order valence-electron chi connectivity index (χ1n) is 10.8. The summed E-state index contributed by atoms with van der Waals surface area (Å²) in [5.74, 6) is 3.62. The van der Waals surface area contributed by atoms with E-state index in [4.69, 9.17) is 9.47 Å². The summed E-state index contributed by atoms with van der Waals surface area (Å²) in [6.07, 6.45) is 8.53. The molecule has 6 nitrogen and oxygen atoms in total. The Kier molecular flexibility index (Phi) is 5.70. The van der Waals surface area contributed by atoms with Crippen LogP contribution in [0.4, 0.5) is 0 Å². The van der Waals surface area contributed by atoms with Gasteiger partial charge in [0.2, 0.25) is 5.91 Å². The smallest absolute Gasteiger partial charge is 0.251 e. The summed E-state index contributed by atoms with van der Waals surface area (Å²) in [7, 11) is 3.10. The number of nitrogens with one attached hydrogen (secondary N) is 2. The maximum Gasteiger partial charge on any atom is 0.251 e. The molecular weight excluding hydrogens is 368 g/mol. The van der Waals surface area contributed by atoms with Gasteiger partial charge in [-0.05, 0) is 73.8 Å². The van der Waals surface area contributed by atoms with Crippen molar-refractivity contribution in [3.05, 3.63) is 23.8 Å². The van der Waals surface area contributed by atoms with Gasteiger partial charge in [0.05, 0.1) is 14.2 Å². The van der Waals surface area contributed by atoms with E-state index in [1.165, 1.54) is 38.5 Å². The van der Waals surface area contributed by atoms with Crippen LogP contribution in [0.25, 0.3) is 0 Å². The minimum absolute atomic E-state index is 0.129. The topological polar surface area (TPSA) is 76.7 Å². The zero-order chi connectivity index (χ0) is 20.4. The lowest BCUT2D eigenvalue weighted by molar-refractivity contribution is -0.129. The molecule has 0 radical (unpaired) electrons. The van der Waals surface area contributed by atoms with Crippen molar-refractivity contribution in [3.8, 4) is 11.5 Å². The Bertz CT molecular complexity index is 719. The standard InChI is InChI=1S/C23H32N2O4/c1-28-19-8-18(9-20(10-19)29-2)22(27)25-4-3-24-21(26)14-23-11-15-5-16(12-23)7-17(6-15)13-23/h8-10,15-17H,3-7,11-14H2,1-2H3,(H,24,26)(H,25,27). The van der Waals surface area contributed by atoms with Gasteiger partial charge in [-0.1, -0.05) is 0 Å². The summed E-state index contributed by atoms with van der Waals surface area (Å²) in [5, 5.41) is 5.86. The van der Waals surface area contributed by atoms with E-state index in [9.17, 15) is 9.59 Å². The van der Waals surface area contributed by atoms with Crippen LogP contribution in [-0.4, -0.2) is 39.1 Å². The zero-order valence-electron chi connectivity index (χ0n) is 17.5. The highest BCUT2D eigenvalue weighted by Crippen LogP contribution is 2.61. The molecule has 0 heterocycles. The van der Waals surface area contributed by atoms with Crippen molar-refractivity contribution in [2.75, 3.05) is 27.3 Å². The van der Waals surface area contributed by atoms with Gasteiger partial charge in [-0.3, -0.25) is 9.59 Å². The molecular formula is C23H32N2O4. The Balaban J connectivity index is 1.23. The number of hydrogen-bond acceptors (Lipinski definition) is 4. The molecule has 4 bridgehead atoms. The van der Waals surface area contributed by atoms with Crippen LogP contribution < -0.4 is 20.1 Å². The van der Waals surface area contributed by atoms with Crippen LogP contribution >= 0.6 is 0 Å². The normalized spacial score (nSPS) is 29.4. The third-order valence-electron chi connectivity index (χ3n) is 7.05. The van der Waals surface area contributed by atoms with Gasteiger partial charge in [0, 0.05) is 31.1 Å². The number of carbonyl (C=O) groups is 2. The van der Waals surface area contributed by atoms with Crippen LogP contribution in [-0.2, 0) is 4.79 Å². The fraction of sp³-hybridized carbons (Fsp3) is 0.652. The van der Waals surface area contributed by atoms with Crippen molar-refractivity contribution >= 4 is 11.8 Å². The van der Waals surface area contributed by atoms with E-state index >= 15 is 0 Å². The molecule has 4 aliphatic carbocycles. The molecule has 4 saturated carbocycles. The van der Waals surface area contributed by atoms with Gasteiger partial charge in [0.15, 0.2) is 0 Å². The fourth-order valence-electron chi connectivity index (χ4n) is 6.33.